The lowest BCUT2D eigenvalue weighted by Crippen LogP contribution is -2.27. The van der Waals surface area contributed by atoms with Gasteiger partial charge in [-0.25, -0.2) is 0 Å². The molecule has 0 saturated heterocycles. The summed E-state index contributed by atoms with van der Waals surface area (Å²) >= 11 is 0. The van der Waals surface area contributed by atoms with Crippen LogP contribution in [0.15, 0.2) is 48.5 Å². The molecule has 3 rings (SSSR count). The molecule has 0 saturated carbocycles. The second kappa shape index (κ2) is 4.48. The van der Waals surface area contributed by atoms with E-state index in [0.717, 1.165) is 22.3 Å². The third-order valence-electron chi connectivity index (χ3n) is 3.23. The molecule has 0 amide bonds. The Labute approximate surface area is 106 Å². The molecule has 90 valence electrons. The van der Waals surface area contributed by atoms with Crippen molar-refractivity contribution in [1.29, 1.82) is 0 Å². The molecule has 0 fully saturated rings. The van der Waals surface area contributed by atoms with Crippen molar-refractivity contribution in [3.8, 4) is 5.75 Å². The van der Waals surface area contributed by atoms with Crippen LogP contribution in [0.3, 0.4) is 0 Å². The van der Waals surface area contributed by atoms with Crippen LogP contribution in [0.25, 0.3) is 0 Å². The van der Waals surface area contributed by atoms with E-state index in [4.69, 9.17) is 9.39 Å². The summed E-state index contributed by atoms with van der Waals surface area (Å²) in [6.45, 7) is 0. The van der Waals surface area contributed by atoms with Gasteiger partial charge in [-0.3, -0.25) is 0 Å². The average molecular weight is 240 g/mol. The maximum Gasteiger partial charge on any atom is 0.492 e. The highest BCUT2D eigenvalue weighted by Gasteiger charge is 2.35. The zero-order valence-corrected chi connectivity index (χ0v) is 10.0. The van der Waals surface area contributed by atoms with Gasteiger partial charge in [-0.1, -0.05) is 36.4 Å². The predicted octanol–water partition coefficient (Wildman–Crippen LogP) is 1.50. The fourth-order valence-corrected chi connectivity index (χ4v) is 2.29. The van der Waals surface area contributed by atoms with E-state index in [1.165, 1.54) is 0 Å². The molecule has 1 aliphatic rings. The summed E-state index contributed by atoms with van der Waals surface area (Å²) in [6, 6.07) is 15.4. The average Bonchev–Trinajstić information content (AvgIpc) is 2.77. The number of fused-ring (bicyclic) bond motifs is 1. The van der Waals surface area contributed by atoms with Gasteiger partial charge < -0.3 is 14.4 Å². The lowest BCUT2D eigenvalue weighted by Gasteiger charge is -2.13. The molecule has 1 heterocycles. The molecule has 2 aromatic rings. The first-order valence-corrected chi connectivity index (χ1v) is 5.86. The van der Waals surface area contributed by atoms with Crippen LogP contribution in [0.5, 0.6) is 5.75 Å². The molecule has 4 heteroatoms. The van der Waals surface area contributed by atoms with Gasteiger partial charge in [-0.2, -0.15) is 0 Å². The Kier molecular flexibility index (Phi) is 2.82. The number of ether oxygens (including phenoxy) is 1. The molecule has 1 atom stereocenters. The lowest BCUT2D eigenvalue weighted by molar-refractivity contribution is 0.226. The van der Waals surface area contributed by atoms with Crippen LogP contribution >= 0.6 is 0 Å². The first-order chi connectivity index (χ1) is 8.79. The first kappa shape index (κ1) is 11.3. The van der Waals surface area contributed by atoms with E-state index in [0.29, 0.717) is 0 Å². The number of hydrogen-bond donors (Lipinski definition) is 1. The predicted molar refractivity (Wildman–Crippen MR) is 70.0 cm³/mol. The Morgan fingerprint density at radius 2 is 1.83 bits per heavy atom. The van der Waals surface area contributed by atoms with E-state index in [9.17, 15) is 5.02 Å². The molecule has 0 bridgehead atoms. The summed E-state index contributed by atoms with van der Waals surface area (Å²) in [4.78, 5) is 0. The van der Waals surface area contributed by atoms with Crippen molar-refractivity contribution >= 4 is 12.6 Å². The molecule has 0 radical (unpaired) electrons. The quantitative estimate of drug-likeness (QED) is 0.808. The van der Waals surface area contributed by atoms with Gasteiger partial charge in [0.25, 0.3) is 0 Å². The van der Waals surface area contributed by atoms with Gasteiger partial charge in [-0.05, 0) is 28.7 Å². The van der Waals surface area contributed by atoms with Crippen molar-refractivity contribution < 1.29 is 14.4 Å². The van der Waals surface area contributed by atoms with Crippen LogP contribution in [-0.2, 0) is 4.65 Å². The summed E-state index contributed by atoms with van der Waals surface area (Å²) in [6.07, 6.45) is -0.206. The molecule has 0 spiro atoms. The molecule has 3 nitrogen and oxygen atoms in total. The van der Waals surface area contributed by atoms with Crippen LogP contribution in [0.4, 0.5) is 0 Å². The minimum Gasteiger partial charge on any atom is -0.497 e. The molecule has 1 N–H and O–H groups in total. The van der Waals surface area contributed by atoms with Crippen LogP contribution in [0.1, 0.15) is 17.2 Å². The Balaban J connectivity index is 1.98. The largest absolute Gasteiger partial charge is 0.497 e. The molecule has 1 unspecified atom stereocenters. The molecule has 1 aliphatic heterocycles. The fraction of sp³-hybridized carbons (Fsp3) is 0.143. The van der Waals surface area contributed by atoms with E-state index in [-0.39, 0.29) is 6.10 Å². The van der Waals surface area contributed by atoms with Crippen molar-refractivity contribution in [2.75, 3.05) is 7.11 Å². The van der Waals surface area contributed by atoms with Gasteiger partial charge in [0.15, 0.2) is 0 Å². The van der Waals surface area contributed by atoms with Crippen LogP contribution in [0.2, 0.25) is 0 Å². The van der Waals surface area contributed by atoms with Gasteiger partial charge in [0, 0.05) is 0 Å². The molecular weight excluding hydrogens is 227 g/mol. The Morgan fingerprint density at radius 1 is 1.11 bits per heavy atom. The smallest absolute Gasteiger partial charge is 0.492 e. The standard InChI is InChI=1S/C14H13BO3/c1-17-11-8-6-10(7-9-11)14-12-4-2-3-5-13(12)15(16)18-14/h2-9,14,16H,1H3. The lowest BCUT2D eigenvalue weighted by atomic mass is 9.79. The third kappa shape index (κ3) is 1.80. The number of benzene rings is 2. The summed E-state index contributed by atoms with van der Waals surface area (Å²) in [5, 5.41) is 9.87. The fourth-order valence-electron chi connectivity index (χ4n) is 2.29. The Morgan fingerprint density at radius 3 is 2.56 bits per heavy atom. The number of methoxy groups -OCH3 is 1. The summed E-state index contributed by atoms with van der Waals surface area (Å²) in [5.41, 5.74) is 2.88. The summed E-state index contributed by atoms with van der Waals surface area (Å²) in [5.74, 6) is 0.811. The van der Waals surface area contributed by atoms with Crippen molar-refractivity contribution in [3.05, 3.63) is 59.7 Å². The van der Waals surface area contributed by atoms with Crippen LogP contribution in [-0.4, -0.2) is 19.3 Å². The maximum absolute atomic E-state index is 9.87. The van der Waals surface area contributed by atoms with Gasteiger partial charge in [0.1, 0.15) is 5.75 Å². The van der Waals surface area contributed by atoms with Gasteiger partial charge >= 0.3 is 7.12 Å². The monoisotopic (exact) mass is 240 g/mol. The highest BCUT2D eigenvalue weighted by molar-refractivity contribution is 6.61. The van der Waals surface area contributed by atoms with E-state index < -0.39 is 7.12 Å². The SMILES string of the molecule is COc1ccc(C2OB(O)c3ccccc32)cc1. The van der Waals surface area contributed by atoms with E-state index >= 15 is 0 Å². The van der Waals surface area contributed by atoms with Gasteiger partial charge in [0.2, 0.25) is 0 Å². The summed E-state index contributed by atoms with van der Waals surface area (Å²) in [7, 11) is 0.799. The molecule has 18 heavy (non-hydrogen) atoms. The highest BCUT2D eigenvalue weighted by atomic mass is 16.5. The Bertz CT molecular complexity index is 553. The van der Waals surface area contributed by atoms with Crippen molar-refractivity contribution in [2.45, 2.75) is 6.10 Å². The van der Waals surface area contributed by atoms with E-state index in [2.05, 4.69) is 0 Å². The van der Waals surface area contributed by atoms with Crippen molar-refractivity contribution in [3.63, 3.8) is 0 Å². The molecular formula is C14H13BO3. The Hall–Kier alpha value is -1.78. The first-order valence-electron chi connectivity index (χ1n) is 5.86. The van der Waals surface area contributed by atoms with E-state index in [1.54, 1.807) is 7.11 Å². The van der Waals surface area contributed by atoms with Gasteiger partial charge in [0.05, 0.1) is 13.2 Å². The second-order valence-electron chi connectivity index (χ2n) is 4.27. The zero-order valence-electron chi connectivity index (χ0n) is 10.0. The van der Waals surface area contributed by atoms with E-state index in [1.807, 2.05) is 48.5 Å². The zero-order chi connectivity index (χ0) is 12.5. The maximum atomic E-state index is 9.87. The van der Waals surface area contributed by atoms with Gasteiger partial charge in [-0.15, -0.1) is 0 Å². The molecule has 0 aliphatic carbocycles. The minimum absolute atomic E-state index is 0.206. The second-order valence-corrected chi connectivity index (χ2v) is 4.27. The molecule has 2 aromatic carbocycles. The minimum atomic E-state index is -0.840. The normalized spacial score (nSPS) is 17.7. The van der Waals surface area contributed by atoms with Crippen molar-refractivity contribution in [1.82, 2.24) is 0 Å². The topological polar surface area (TPSA) is 38.7 Å². The van der Waals surface area contributed by atoms with Crippen molar-refractivity contribution in [2.24, 2.45) is 0 Å². The summed E-state index contributed by atoms with van der Waals surface area (Å²) < 4.78 is 10.7. The highest BCUT2D eigenvalue weighted by Crippen LogP contribution is 2.31. The van der Waals surface area contributed by atoms with Crippen LogP contribution in [0, 0.1) is 0 Å². The third-order valence-corrected chi connectivity index (χ3v) is 3.23. The number of hydrogen-bond acceptors (Lipinski definition) is 3. The molecule has 0 aromatic heterocycles. The van der Waals surface area contributed by atoms with Crippen LogP contribution < -0.4 is 10.2 Å². The number of rotatable bonds is 2.